The van der Waals surface area contributed by atoms with Crippen LogP contribution in [0.5, 0.6) is 0 Å². The molecule has 0 bridgehead atoms. The van der Waals surface area contributed by atoms with Gasteiger partial charge in [-0.25, -0.2) is 17.9 Å². The van der Waals surface area contributed by atoms with Crippen LogP contribution in [-0.2, 0) is 10.0 Å². The summed E-state index contributed by atoms with van der Waals surface area (Å²) < 4.78 is 27.0. The van der Waals surface area contributed by atoms with E-state index in [1.165, 1.54) is 12.1 Å². The van der Waals surface area contributed by atoms with Crippen molar-refractivity contribution < 1.29 is 18.3 Å². The van der Waals surface area contributed by atoms with Crippen molar-refractivity contribution in [2.75, 3.05) is 12.3 Å². The molecule has 0 amide bonds. The molecule has 0 aliphatic heterocycles. The molecule has 110 valence electrons. The van der Waals surface area contributed by atoms with E-state index in [9.17, 15) is 13.2 Å². The first-order valence-corrected chi connectivity index (χ1v) is 7.84. The van der Waals surface area contributed by atoms with Crippen LogP contribution >= 0.6 is 0 Å². The van der Waals surface area contributed by atoms with Gasteiger partial charge in [-0.1, -0.05) is 13.3 Å². The Labute approximate surface area is 118 Å². The normalized spacial score (nSPS) is 17.4. The van der Waals surface area contributed by atoms with Crippen molar-refractivity contribution in [2.24, 2.45) is 5.41 Å². The smallest absolute Gasteiger partial charge is 0.337 e. The van der Waals surface area contributed by atoms with Crippen molar-refractivity contribution in [1.29, 1.82) is 0 Å². The average molecular weight is 298 g/mol. The van der Waals surface area contributed by atoms with Crippen molar-refractivity contribution in [3.05, 3.63) is 23.8 Å². The Hall–Kier alpha value is -1.60. The zero-order chi connectivity index (χ0) is 15.0. The second kappa shape index (κ2) is 5.06. The minimum atomic E-state index is -3.85. The summed E-state index contributed by atoms with van der Waals surface area (Å²) in [5.74, 6) is -1.31. The van der Waals surface area contributed by atoms with E-state index in [4.69, 9.17) is 10.8 Å². The van der Waals surface area contributed by atoms with Gasteiger partial charge in [-0.05, 0) is 36.5 Å². The molecule has 1 aliphatic rings. The molecular formula is C13H18N2O4S. The van der Waals surface area contributed by atoms with Crippen LogP contribution in [0.15, 0.2) is 23.1 Å². The molecular weight excluding hydrogens is 280 g/mol. The molecule has 0 spiro atoms. The van der Waals surface area contributed by atoms with E-state index in [0.29, 0.717) is 6.54 Å². The molecule has 1 aliphatic carbocycles. The number of hydrogen-bond acceptors (Lipinski definition) is 4. The number of rotatable bonds is 5. The van der Waals surface area contributed by atoms with Gasteiger partial charge in [-0.15, -0.1) is 0 Å². The van der Waals surface area contributed by atoms with Crippen LogP contribution in [-0.4, -0.2) is 26.0 Å². The van der Waals surface area contributed by atoms with Crippen LogP contribution < -0.4 is 10.5 Å². The van der Waals surface area contributed by atoms with Crippen LogP contribution in [0.4, 0.5) is 5.69 Å². The first-order chi connectivity index (χ1) is 9.23. The van der Waals surface area contributed by atoms with Crippen molar-refractivity contribution >= 4 is 21.7 Å². The Morgan fingerprint density at radius 2 is 2.10 bits per heavy atom. The molecule has 0 heterocycles. The van der Waals surface area contributed by atoms with Crippen molar-refractivity contribution in [1.82, 2.24) is 4.72 Å². The Kier molecular flexibility index (Phi) is 3.75. The molecule has 1 fully saturated rings. The Balaban J connectivity index is 2.27. The lowest BCUT2D eigenvalue weighted by Crippen LogP contribution is -2.40. The van der Waals surface area contributed by atoms with Gasteiger partial charge in [0.15, 0.2) is 0 Å². The predicted molar refractivity (Wildman–Crippen MR) is 75.0 cm³/mol. The second-order valence-corrected chi connectivity index (χ2v) is 7.28. The number of aromatic carboxylic acids is 1. The number of benzene rings is 1. The van der Waals surface area contributed by atoms with Gasteiger partial charge in [0, 0.05) is 12.2 Å². The second-order valence-electron chi connectivity index (χ2n) is 5.55. The molecule has 0 saturated heterocycles. The summed E-state index contributed by atoms with van der Waals surface area (Å²) in [5, 5.41) is 9.09. The summed E-state index contributed by atoms with van der Waals surface area (Å²) >= 11 is 0. The van der Waals surface area contributed by atoms with Crippen molar-refractivity contribution in [3.8, 4) is 0 Å². The number of carbonyl (C=O) groups is 1. The van der Waals surface area contributed by atoms with E-state index in [2.05, 4.69) is 4.72 Å². The zero-order valence-electron chi connectivity index (χ0n) is 11.2. The Bertz CT molecular complexity index is 636. The third kappa shape index (κ3) is 2.94. The fraction of sp³-hybridized carbons (Fsp3) is 0.462. The molecule has 2 rings (SSSR count). The molecule has 20 heavy (non-hydrogen) atoms. The number of carboxylic acid groups (broad SMARTS) is 1. The van der Waals surface area contributed by atoms with Gasteiger partial charge in [0.25, 0.3) is 0 Å². The van der Waals surface area contributed by atoms with E-state index >= 15 is 0 Å². The standard InChI is InChI=1S/C13H18N2O4S/c1-13(5-2-6-13)8-15-20(18,19)11-4-3-9(14)7-10(11)12(16)17/h3-4,7,15H,2,5-6,8,14H2,1H3,(H,16,17). The molecule has 6 nitrogen and oxygen atoms in total. The van der Waals surface area contributed by atoms with Gasteiger partial charge in [-0.3, -0.25) is 0 Å². The predicted octanol–water partition coefficient (Wildman–Crippen LogP) is 1.44. The molecule has 0 unspecified atom stereocenters. The summed E-state index contributed by atoms with van der Waals surface area (Å²) in [6.07, 6.45) is 3.05. The van der Waals surface area contributed by atoms with Crippen LogP contribution in [0.3, 0.4) is 0 Å². The first kappa shape index (κ1) is 14.8. The molecule has 1 saturated carbocycles. The number of nitrogen functional groups attached to an aromatic ring is 1. The molecule has 0 radical (unpaired) electrons. The maximum Gasteiger partial charge on any atom is 0.337 e. The van der Waals surface area contributed by atoms with E-state index in [-0.39, 0.29) is 21.6 Å². The van der Waals surface area contributed by atoms with Crippen molar-refractivity contribution in [2.45, 2.75) is 31.1 Å². The van der Waals surface area contributed by atoms with Gasteiger partial charge < -0.3 is 10.8 Å². The number of anilines is 1. The quantitative estimate of drug-likeness (QED) is 0.712. The molecule has 7 heteroatoms. The maximum absolute atomic E-state index is 12.2. The van der Waals surface area contributed by atoms with Crippen LogP contribution in [0.1, 0.15) is 36.5 Å². The topological polar surface area (TPSA) is 109 Å². The third-order valence-corrected chi connectivity index (χ3v) is 5.23. The van der Waals surface area contributed by atoms with Gasteiger partial charge >= 0.3 is 5.97 Å². The van der Waals surface area contributed by atoms with Gasteiger partial charge in [0.1, 0.15) is 0 Å². The number of nitrogens with one attached hydrogen (secondary N) is 1. The first-order valence-electron chi connectivity index (χ1n) is 6.36. The monoisotopic (exact) mass is 298 g/mol. The van der Waals surface area contributed by atoms with Crippen LogP contribution in [0, 0.1) is 5.41 Å². The van der Waals surface area contributed by atoms with Crippen LogP contribution in [0.25, 0.3) is 0 Å². The summed E-state index contributed by atoms with van der Waals surface area (Å²) in [5.41, 5.74) is 5.39. The van der Waals surface area contributed by atoms with E-state index in [1.807, 2.05) is 6.92 Å². The third-order valence-electron chi connectivity index (χ3n) is 3.77. The summed E-state index contributed by atoms with van der Waals surface area (Å²) in [7, 11) is -3.85. The highest BCUT2D eigenvalue weighted by Gasteiger charge is 2.33. The molecule has 0 atom stereocenters. The Morgan fingerprint density at radius 1 is 1.45 bits per heavy atom. The summed E-state index contributed by atoms with van der Waals surface area (Å²) in [6, 6.07) is 3.76. The lowest BCUT2D eigenvalue weighted by molar-refractivity contribution is 0.0692. The van der Waals surface area contributed by atoms with E-state index in [0.717, 1.165) is 25.3 Å². The zero-order valence-corrected chi connectivity index (χ0v) is 12.0. The number of nitrogens with two attached hydrogens (primary N) is 1. The summed E-state index contributed by atoms with van der Waals surface area (Å²) in [6.45, 7) is 2.33. The Morgan fingerprint density at radius 3 is 2.60 bits per heavy atom. The maximum atomic E-state index is 12.2. The lowest BCUT2D eigenvalue weighted by Gasteiger charge is -2.38. The average Bonchev–Trinajstić information content (AvgIpc) is 2.33. The highest BCUT2D eigenvalue weighted by molar-refractivity contribution is 7.89. The highest BCUT2D eigenvalue weighted by Crippen LogP contribution is 2.39. The van der Waals surface area contributed by atoms with Gasteiger partial charge in [-0.2, -0.15) is 0 Å². The molecule has 0 aromatic heterocycles. The summed E-state index contributed by atoms with van der Waals surface area (Å²) in [4.78, 5) is 10.9. The van der Waals surface area contributed by atoms with Crippen molar-refractivity contribution in [3.63, 3.8) is 0 Å². The van der Waals surface area contributed by atoms with Crippen LogP contribution in [0.2, 0.25) is 0 Å². The largest absolute Gasteiger partial charge is 0.478 e. The number of sulfonamides is 1. The minimum absolute atomic E-state index is 0.0235. The van der Waals surface area contributed by atoms with Gasteiger partial charge in [0.05, 0.1) is 10.5 Å². The fourth-order valence-electron chi connectivity index (χ4n) is 2.25. The minimum Gasteiger partial charge on any atom is -0.478 e. The number of hydrogen-bond donors (Lipinski definition) is 3. The molecule has 1 aromatic rings. The molecule has 1 aromatic carbocycles. The lowest BCUT2D eigenvalue weighted by atomic mass is 9.71. The van der Waals surface area contributed by atoms with E-state index in [1.54, 1.807) is 0 Å². The van der Waals surface area contributed by atoms with Gasteiger partial charge in [0.2, 0.25) is 10.0 Å². The van der Waals surface area contributed by atoms with E-state index < -0.39 is 16.0 Å². The fourth-order valence-corrected chi connectivity index (χ4v) is 3.63. The number of carboxylic acids is 1. The molecule has 4 N–H and O–H groups in total. The highest BCUT2D eigenvalue weighted by atomic mass is 32.2. The SMILES string of the molecule is CC1(CNS(=O)(=O)c2ccc(N)cc2C(=O)O)CCC1.